The molecule has 2 aromatic heterocycles. The Kier molecular flexibility index (Phi) is 5.54. The minimum Gasteiger partial charge on any atom is -0.497 e. The average molecular weight is 528 g/mol. The van der Waals surface area contributed by atoms with Gasteiger partial charge < -0.3 is 24.1 Å². The number of nitrogens with zero attached hydrogens (tertiary/aromatic N) is 2. The standard InChI is InChI=1S/C24H22BrN3O4S/c1-3-32-20(29)12-27-23(30)19-11-17-16-10-14(25)6-9-18(16)26-21(17)22(28(19)24(27)33)13-4-7-15(31-2)8-5-13/h4-10,22,26,30H,3,11-12H2,1-2H3. The maximum atomic E-state index is 12.2. The number of methoxy groups -OCH3 is 1. The van der Waals surface area contributed by atoms with Gasteiger partial charge in [0.1, 0.15) is 18.3 Å². The highest BCUT2D eigenvalue weighted by atomic mass is 79.9. The first-order valence-corrected chi connectivity index (χ1v) is 11.8. The van der Waals surface area contributed by atoms with Crippen LogP contribution in [0.25, 0.3) is 10.9 Å². The smallest absolute Gasteiger partial charge is 0.326 e. The fraction of sp³-hybridized carbons (Fsp3) is 0.250. The zero-order valence-electron chi connectivity index (χ0n) is 18.1. The number of aromatic hydroxyl groups is 1. The molecule has 0 radical (unpaired) electrons. The Bertz CT molecular complexity index is 1430. The Morgan fingerprint density at radius 1 is 1.27 bits per heavy atom. The van der Waals surface area contributed by atoms with Crippen LogP contribution in [0.3, 0.4) is 0 Å². The number of nitrogens with one attached hydrogen (secondary N) is 1. The van der Waals surface area contributed by atoms with Crippen molar-refractivity contribution < 1.29 is 19.4 Å². The van der Waals surface area contributed by atoms with E-state index in [4.69, 9.17) is 21.7 Å². The third-order valence-corrected chi connectivity index (χ3v) is 6.95. The van der Waals surface area contributed by atoms with Gasteiger partial charge in [-0.25, -0.2) is 0 Å². The number of imidazole rings is 1. The Morgan fingerprint density at radius 3 is 2.73 bits per heavy atom. The number of H-pyrrole nitrogens is 1. The van der Waals surface area contributed by atoms with Gasteiger partial charge in [-0.05, 0) is 60.6 Å². The average Bonchev–Trinajstić information content (AvgIpc) is 3.28. The van der Waals surface area contributed by atoms with E-state index in [9.17, 15) is 9.90 Å². The number of aromatic amines is 1. The van der Waals surface area contributed by atoms with E-state index in [1.807, 2.05) is 41.0 Å². The summed E-state index contributed by atoms with van der Waals surface area (Å²) in [5.74, 6) is 0.296. The van der Waals surface area contributed by atoms with Crippen molar-refractivity contribution >= 4 is 45.0 Å². The molecular weight excluding hydrogens is 506 g/mol. The van der Waals surface area contributed by atoms with Gasteiger partial charge in [-0.1, -0.05) is 28.1 Å². The lowest BCUT2D eigenvalue weighted by Gasteiger charge is -2.26. The van der Waals surface area contributed by atoms with E-state index in [0.29, 0.717) is 16.9 Å². The number of carbonyl (C=O) groups is 1. The Balaban J connectivity index is 1.74. The molecule has 2 aromatic carbocycles. The van der Waals surface area contributed by atoms with Gasteiger partial charge in [0.25, 0.3) is 0 Å². The second-order valence-corrected chi connectivity index (χ2v) is 9.15. The molecule has 3 heterocycles. The number of hydrogen-bond donors (Lipinski definition) is 2. The SMILES string of the molecule is CCOC(=O)Cn1c(O)c2n(c1=S)C(c1ccc(OC)cc1)c1[nH]c3ccc(Br)cc3c1C2. The second-order valence-electron chi connectivity index (χ2n) is 7.87. The van der Waals surface area contributed by atoms with Gasteiger partial charge >= 0.3 is 5.97 Å². The first kappa shape index (κ1) is 21.8. The van der Waals surface area contributed by atoms with Crippen molar-refractivity contribution in [2.75, 3.05) is 13.7 Å². The van der Waals surface area contributed by atoms with Crippen LogP contribution in [-0.4, -0.2) is 38.9 Å². The number of esters is 1. The van der Waals surface area contributed by atoms with Gasteiger partial charge in [-0.2, -0.15) is 0 Å². The molecule has 9 heteroatoms. The van der Waals surface area contributed by atoms with Crippen LogP contribution in [0.15, 0.2) is 46.9 Å². The van der Waals surface area contributed by atoms with E-state index < -0.39 is 5.97 Å². The fourth-order valence-corrected chi connectivity index (χ4v) is 5.30. The summed E-state index contributed by atoms with van der Waals surface area (Å²) >= 11 is 9.34. The Morgan fingerprint density at radius 2 is 2.03 bits per heavy atom. The summed E-state index contributed by atoms with van der Waals surface area (Å²) in [4.78, 5) is 15.8. The van der Waals surface area contributed by atoms with Gasteiger partial charge in [-0.15, -0.1) is 0 Å². The van der Waals surface area contributed by atoms with Crippen LogP contribution in [0, 0.1) is 4.77 Å². The molecule has 0 bridgehead atoms. The summed E-state index contributed by atoms with van der Waals surface area (Å²) in [6.45, 7) is 1.87. The number of fused-ring (bicyclic) bond motifs is 4. The van der Waals surface area contributed by atoms with Crippen molar-refractivity contribution in [1.82, 2.24) is 14.1 Å². The molecule has 5 rings (SSSR count). The van der Waals surface area contributed by atoms with Crippen molar-refractivity contribution in [2.45, 2.75) is 25.9 Å². The van der Waals surface area contributed by atoms with Crippen LogP contribution >= 0.6 is 28.1 Å². The third kappa shape index (κ3) is 3.55. The lowest BCUT2D eigenvalue weighted by molar-refractivity contribution is -0.143. The fourth-order valence-electron chi connectivity index (χ4n) is 4.57. The molecule has 170 valence electrons. The summed E-state index contributed by atoms with van der Waals surface area (Å²) in [5, 5.41) is 12.2. The van der Waals surface area contributed by atoms with Crippen molar-refractivity contribution in [3.63, 3.8) is 0 Å². The monoisotopic (exact) mass is 527 g/mol. The van der Waals surface area contributed by atoms with Gasteiger partial charge in [0.2, 0.25) is 5.88 Å². The van der Waals surface area contributed by atoms with Crippen LogP contribution < -0.4 is 4.74 Å². The van der Waals surface area contributed by atoms with Gasteiger partial charge in [0, 0.05) is 27.5 Å². The molecule has 0 fully saturated rings. The van der Waals surface area contributed by atoms with Crippen LogP contribution in [0.5, 0.6) is 11.6 Å². The number of benzene rings is 2. The number of hydrogen-bond acceptors (Lipinski definition) is 5. The van der Waals surface area contributed by atoms with Gasteiger partial charge in [0.15, 0.2) is 4.77 Å². The zero-order valence-corrected chi connectivity index (χ0v) is 20.5. The van der Waals surface area contributed by atoms with E-state index in [-0.39, 0.29) is 25.1 Å². The predicted octanol–water partition coefficient (Wildman–Crippen LogP) is 5.08. The highest BCUT2D eigenvalue weighted by Crippen LogP contribution is 2.43. The number of aromatic nitrogens is 3. The number of halogens is 1. The van der Waals surface area contributed by atoms with Crippen molar-refractivity contribution in [2.24, 2.45) is 0 Å². The van der Waals surface area contributed by atoms with E-state index in [0.717, 1.165) is 37.9 Å². The summed E-state index contributed by atoms with van der Waals surface area (Å²) in [7, 11) is 1.63. The first-order chi connectivity index (χ1) is 15.9. The summed E-state index contributed by atoms with van der Waals surface area (Å²) in [6.07, 6.45) is 0.476. The van der Waals surface area contributed by atoms with E-state index in [2.05, 4.69) is 27.0 Å². The molecule has 33 heavy (non-hydrogen) atoms. The first-order valence-electron chi connectivity index (χ1n) is 10.5. The van der Waals surface area contributed by atoms with Crippen molar-refractivity contribution in [3.05, 3.63) is 74.2 Å². The van der Waals surface area contributed by atoms with Gasteiger partial charge in [0.05, 0.1) is 19.4 Å². The molecule has 1 aliphatic heterocycles. The molecule has 0 spiro atoms. The van der Waals surface area contributed by atoms with Crippen LogP contribution in [0.4, 0.5) is 0 Å². The minimum atomic E-state index is -0.444. The number of rotatable bonds is 5. The predicted molar refractivity (Wildman–Crippen MR) is 131 cm³/mol. The summed E-state index contributed by atoms with van der Waals surface area (Å²) < 4.78 is 15.1. The van der Waals surface area contributed by atoms with E-state index >= 15 is 0 Å². The lowest BCUT2D eigenvalue weighted by Crippen LogP contribution is -2.22. The van der Waals surface area contributed by atoms with Crippen LogP contribution in [-0.2, 0) is 22.5 Å². The molecule has 7 nitrogen and oxygen atoms in total. The molecule has 4 aromatic rings. The van der Waals surface area contributed by atoms with Crippen molar-refractivity contribution in [1.29, 1.82) is 0 Å². The quantitative estimate of drug-likeness (QED) is 0.246. The molecule has 0 amide bonds. The third-order valence-electron chi connectivity index (χ3n) is 6.04. The topological polar surface area (TPSA) is 81.4 Å². The largest absolute Gasteiger partial charge is 0.497 e. The normalized spacial score (nSPS) is 14.7. The molecule has 1 aliphatic rings. The Labute approximate surface area is 203 Å². The highest BCUT2D eigenvalue weighted by Gasteiger charge is 2.34. The van der Waals surface area contributed by atoms with Crippen molar-refractivity contribution in [3.8, 4) is 11.6 Å². The maximum Gasteiger partial charge on any atom is 0.326 e. The Hall–Kier alpha value is -3.04. The number of ether oxygens (including phenoxy) is 2. The number of carbonyl (C=O) groups excluding carboxylic acids is 1. The molecule has 2 N–H and O–H groups in total. The molecule has 1 unspecified atom stereocenters. The zero-order chi connectivity index (χ0) is 23.3. The molecule has 0 saturated carbocycles. The molecule has 1 atom stereocenters. The minimum absolute atomic E-state index is 0.0124. The van der Waals surface area contributed by atoms with E-state index in [1.165, 1.54) is 4.57 Å². The summed E-state index contributed by atoms with van der Waals surface area (Å²) in [6, 6.07) is 13.6. The van der Waals surface area contributed by atoms with Gasteiger partial charge in [-0.3, -0.25) is 9.36 Å². The molecular formula is C24H22BrN3O4S. The summed E-state index contributed by atoms with van der Waals surface area (Å²) in [5.41, 5.74) is 4.75. The maximum absolute atomic E-state index is 12.2. The highest BCUT2D eigenvalue weighted by molar-refractivity contribution is 9.10. The van der Waals surface area contributed by atoms with Crippen LogP contribution in [0.1, 0.15) is 35.5 Å². The van der Waals surface area contributed by atoms with E-state index in [1.54, 1.807) is 14.0 Å². The van der Waals surface area contributed by atoms with Crippen LogP contribution in [0.2, 0.25) is 0 Å². The second kappa shape index (κ2) is 8.39. The molecule has 0 saturated heterocycles. The molecule has 0 aliphatic carbocycles. The lowest BCUT2D eigenvalue weighted by atomic mass is 9.93.